The van der Waals surface area contributed by atoms with Gasteiger partial charge in [-0.15, -0.1) is 23.1 Å². The van der Waals surface area contributed by atoms with E-state index in [0.29, 0.717) is 6.61 Å². The molecular weight excluding hydrogens is 206 g/mol. The molecule has 0 spiro atoms. The van der Waals surface area contributed by atoms with E-state index in [9.17, 15) is 4.79 Å². The molecule has 3 nitrogen and oxygen atoms in total. The lowest BCUT2D eigenvalue weighted by Crippen LogP contribution is -2.13. The summed E-state index contributed by atoms with van der Waals surface area (Å²) < 4.78 is 4.92. The maximum Gasteiger partial charge on any atom is 0.325 e. The van der Waals surface area contributed by atoms with Crippen molar-refractivity contribution in [3.63, 3.8) is 0 Å². The highest BCUT2D eigenvalue weighted by molar-refractivity contribution is 7.99. The number of thioether (sulfide) groups is 1. The first kappa shape index (κ1) is 10.5. The summed E-state index contributed by atoms with van der Waals surface area (Å²) in [6, 6.07) is 0. The molecule has 5 heteroatoms. The predicted octanol–water partition coefficient (Wildman–Crippen LogP) is 2.11. The Kier molecular flexibility index (Phi) is 4.24. The third-order valence-electron chi connectivity index (χ3n) is 1.46. The van der Waals surface area contributed by atoms with E-state index in [0.717, 1.165) is 5.69 Å². The number of hydrogen-bond donors (Lipinski definition) is 0. The molecule has 0 bridgehead atoms. The van der Waals surface area contributed by atoms with Gasteiger partial charge in [-0.3, -0.25) is 4.79 Å². The van der Waals surface area contributed by atoms with E-state index in [4.69, 9.17) is 4.74 Å². The van der Waals surface area contributed by atoms with Crippen LogP contribution in [0.15, 0.2) is 10.9 Å². The van der Waals surface area contributed by atoms with E-state index in [1.54, 1.807) is 12.4 Å². The maximum absolute atomic E-state index is 11.4. The molecule has 1 aromatic rings. The van der Waals surface area contributed by atoms with Gasteiger partial charge in [-0.25, -0.2) is 4.98 Å². The van der Waals surface area contributed by atoms with Crippen LogP contribution in [0, 0.1) is 0 Å². The van der Waals surface area contributed by atoms with Crippen LogP contribution in [0.1, 0.15) is 17.9 Å². The molecule has 0 aliphatic rings. The van der Waals surface area contributed by atoms with Crippen LogP contribution in [0.25, 0.3) is 0 Å². The van der Waals surface area contributed by atoms with Gasteiger partial charge < -0.3 is 4.74 Å². The smallest absolute Gasteiger partial charge is 0.325 e. The average Bonchev–Trinajstić information content (AvgIpc) is 2.59. The Hall–Kier alpha value is -0.550. The second-order valence-corrected chi connectivity index (χ2v) is 3.94. The molecule has 13 heavy (non-hydrogen) atoms. The lowest BCUT2D eigenvalue weighted by Gasteiger charge is -2.09. The number of aromatic nitrogens is 1. The second-order valence-electron chi connectivity index (χ2n) is 2.28. The van der Waals surface area contributed by atoms with Crippen molar-refractivity contribution >= 4 is 29.1 Å². The predicted molar refractivity (Wildman–Crippen MR) is 55.0 cm³/mol. The molecular formula is C8H11NO2S2. The highest BCUT2D eigenvalue weighted by Gasteiger charge is 2.22. The number of carbonyl (C=O) groups is 1. The molecule has 1 atom stereocenters. The zero-order valence-corrected chi connectivity index (χ0v) is 9.15. The molecule has 0 N–H and O–H groups in total. The van der Waals surface area contributed by atoms with Gasteiger partial charge in [0.1, 0.15) is 5.25 Å². The number of nitrogens with zero attached hydrogens (tertiary/aromatic N) is 1. The fourth-order valence-corrected chi connectivity index (χ4v) is 2.20. The number of esters is 1. The minimum Gasteiger partial charge on any atom is -0.465 e. The number of carbonyl (C=O) groups excluding carboxylic acids is 1. The van der Waals surface area contributed by atoms with Gasteiger partial charge in [0.05, 0.1) is 17.8 Å². The van der Waals surface area contributed by atoms with Gasteiger partial charge in [-0.1, -0.05) is 0 Å². The summed E-state index contributed by atoms with van der Waals surface area (Å²) in [5, 5.41) is 1.60. The summed E-state index contributed by atoms with van der Waals surface area (Å²) in [5.41, 5.74) is 2.51. The van der Waals surface area contributed by atoms with E-state index < -0.39 is 0 Å². The molecule has 0 radical (unpaired) electrons. The molecule has 0 fully saturated rings. The van der Waals surface area contributed by atoms with Gasteiger partial charge in [0.2, 0.25) is 0 Å². The van der Waals surface area contributed by atoms with Crippen molar-refractivity contribution in [2.24, 2.45) is 0 Å². The molecule has 0 aliphatic heterocycles. The van der Waals surface area contributed by atoms with Gasteiger partial charge >= 0.3 is 5.97 Å². The molecule has 1 aromatic heterocycles. The number of thiazole rings is 1. The Morgan fingerprint density at radius 1 is 1.85 bits per heavy atom. The lowest BCUT2D eigenvalue weighted by atomic mass is 10.3. The van der Waals surface area contributed by atoms with E-state index >= 15 is 0 Å². The van der Waals surface area contributed by atoms with Gasteiger partial charge in [0.15, 0.2) is 0 Å². The Labute approximate surface area is 85.5 Å². The van der Waals surface area contributed by atoms with Crippen LogP contribution in [0.4, 0.5) is 0 Å². The summed E-state index contributed by atoms with van der Waals surface area (Å²) in [5.74, 6) is -0.207. The molecule has 0 aliphatic carbocycles. The largest absolute Gasteiger partial charge is 0.465 e. The van der Waals surface area contributed by atoms with Crippen molar-refractivity contribution in [1.82, 2.24) is 4.98 Å². The van der Waals surface area contributed by atoms with Crippen molar-refractivity contribution in [3.8, 4) is 0 Å². The van der Waals surface area contributed by atoms with Crippen molar-refractivity contribution in [2.75, 3.05) is 12.9 Å². The first-order valence-corrected chi connectivity index (χ1v) is 6.10. The standard InChI is InChI=1S/C8H11NO2S2/c1-3-11-8(10)7(12-2)6-4-13-5-9-6/h4-5,7H,3H2,1-2H3. The fourth-order valence-electron chi connectivity index (χ4n) is 0.907. The van der Waals surface area contributed by atoms with Crippen molar-refractivity contribution < 1.29 is 9.53 Å². The van der Waals surface area contributed by atoms with E-state index in [1.165, 1.54) is 23.1 Å². The fraction of sp³-hybridized carbons (Fsp3) is 0.500. The number of ether oxygens (including phenoxy) is 1. The zero-order chi connectivity index (χ0) is 9.68. The van der Waals surface area contributed by atoms with Gasteiger partial charge in [-0.2, -0.15) is 0 Å². The Bertz CT molecular complexity index is 261. The Morgan fingerprint density at radius 3 is 3.08 bits per heavy atom. The van der Waals surface area contributed by atoms with Crippen LogP contribution in [0.2, 0.25) is 0 Å². The molecule has 1 heterocycles. The van der Waals surface area contributed by atoms with E-state index in [-0.39, 0.29) is 11.2 Å². The van der Waals surface area contributed by atoms with E-state index in [2.05, 4.69) is 4.98 Å². The van der Waals surface area contributed by atoms with Crippen molar-refractivity contribution in [3.05, 3.63) is 16.6 Å². The molecule has 0 aromatic carbocycles. The molecule has 1 rings (SSSR count). The van der Waals surface area contributed by atoms with Gasteiger partial charge in [-0.05, 0) is 13.2 Å². The average molecular weight is 217 g/mol. The SMILES string of the molecule is CCOC(=O)C(SC)c1cscn1. The minimum atomic E-state index is -0.272. The third-order valence-corrected chi connectivity index (χ3v) is 2.97. The molecule has 72 valence electrons. The lowest BCUT2D eigenvalue weighted by molar-refractivity contribution is -0.142. The van der Waals surface area contributed by atoms with Gasteiger partial charge in [0.25, 0.3) is 0 Å². The monoisotopic (exact) mass is 217 g/mol. The summed E-state index contributed by atoms with van der Waals surface area (Å²) in [6.45, 7) is 2.22. The number of rotatable bonds is 4. The zero-order valence-electron chi connectivity index (χ0n) is 7.52. The summed E-state index contributed by atoms with van der Waals surface area (Å²) >= 11 is 2.93. The van der Waals surface area contributed by atoms with Crippen LogP contribution >= 0.6 is 23.1 Å². The molecule has 0 amide bonds. The van der Waals surface area contributed by atoms with Crippen LogP contribution in [-0.4, -0.2) is 23.8 Å². The second kappa shape index (κ2) is 5.24. The number of hydrogen-bond acceptors (Lipinski definition) is 5. The molecule has 0 saturated heterocycles. The highest BCUT2D eigenvalue weighted by Crippen LogP contribution is 2.27. The van der Waals surface area contributed by atoms with Crippen LogP contribution in [0.5, 0.6) is 0 Å². The van der Waals surface area contributed by atoms with Crippen LogP contribution in [-0.2, 0) is 9.53 Å². The first-order valence-electron chi connectivity index (χ1n) is 3.87. The molecule has 1 unspecified atom stereocenters. The minimum absolute atomic E-state index is 0.207. The third kappa shape index (κ3) is 2.70. The summed E-state index contributed by atoms with van der Waals surface area (Å²) in [7, 11) is 0. The normalized spacial score (nSPS) is 12.5. The first-order chi connectivity index (χ1) is 6.29. The van der Waals surface area contributed by atoms with Gasteiger partial charge in [0, 0.05) is 5.38 Å². The summed E-state index contributed by atoms with van der Waals surface area (Å²) in [4.78, 5) is 15.5. The van der Waals surface area contributed by atoms with Crippen molar-refractivity contribution in [1.29, 1.82) is 0 Å². The quantitative estimate of drug-likeness (QED) is 0.724. The van der Waals surface area contributed by atoms with Crippen molar-refractivity contribution in [2.45, 2.75) is 12.2 Å². The topological polar surface area (TPSA) is 39.2 Å². The van der Waals surface area contributed by atoms with Crippen LogP contribution < -0.4 is 0 Å². The maximum atomic E-state index is 11.4. The summed E-state index contributed by atoms with van der Waals surface area (Å²) in [6.07, 6.45) is 1.88. The Morgan fingerprint density at radius 2 is 2.62 bits per heavy atom. The molecule has 0 saturated carbocycles. The van der Waals surface area contributed by atoms with E-state index in [1.807, 2.05) is 11.6 Å². The highest BCUT2D eigenvalue weighted by atomic mass is 32.2. The van der Waals surface area contributed by atoms with Crippen LogP contribution in [0.3, 0.4) is 0 Å². The Balaban J connectivity index is 2.68.